The number of halogens is 1. The van der Waals surface area contributed by atoms with Crippen molar-refractivity contribution in [2.45, 2.75) is 0 Å². The minimum Gasteiger partial charge on any atom is -0.299 e. The van der Waals surface area contributed by atoms with Crippen LogP contribution in [-0.4, -0.2) is 14.1 Å². The van der Waals surface area contributed by atoms with Gasteiger partial charge in [-0.2, -0.15) is 0 Å². The van der Waals surface area contributed by atoms with Gasteiger partial charge in [0.2, 0.25) is 0 Å². The van der Waals surface area contributed by atoms with Crippen molar-refractivity contribution in [3.05, 3.63) is 35.7 Å². The summed E-state index contributed by atoms with van der Waals surface area (Å²) in [7, 11) is 5.32. The van der Waals surface area contributed by atoms with E-state index in [0.717, 1.165) is 0 Å². The van der Waals surface area contributed by atoms with Crippen LogP contribution in [0, 0.1) is 5.82 Å². The van der Waals surface area contributed by atoms with Crippen LogP contribution in [0.5, 0.6) is 0 Å². The Morgan fingerprint density at radius 1 is 1.42 bits per heavy atom. The number of allylic oxidation sites excluding steroid dienone is 1. The number of benzene rings is 1. The highest BCUT2D eigenvalue weighted by Gasteiger charge is 1.96. The van der Waals surface area contributed by atoms with Crippen molar-refractivity contribution in [1.29, 1.82) is 0 Å². The smallest absolute Gasteiger partial charge is 0.142 e. The number of hydrogen-bond donors (Lipinski definition) is 0. The Bertz CT molecular complexity index is 320. The fourth-order valence-electron chi connectivity index (χ4n) is 0.822. The molecule has 58 valence electrons. The number of rotatable bonds is 2. The Balaban J connectivity index is 3.01. The second kappa shape index (κ2) is 3.86. The summed E-state index contributed by atoms with van der Waals surface area (Å²) in [6, 6.07) is 4.31. The summed E-state index contributed by atoms with van der Waals surface area (Å²) in [4.78, 5) is 9.92. The maximum atomic E-state index is 12.9. The molecule has 0 bridgehead atoms. The van der Waals surface area contributed by atoms with Gasteiger partial charge in [-0.3, -0.25) is 4.79 Å². The lowest BCUT2D eigenvalue weighted by molar-refractivity contribution is -0.104. The molecule has 0 amide bonds. The van der Waals surface area contributed by atoms with Gasteiger partial charge in [-0.1, -0.05) is 17.6 Å². The van der Waals surface area contributed by atoms with Gasteiger partial charge in [-0.05, 0) is 18.2 Å². The molecule has 1 aromatic rings. The Kier molecular flexibility index (Phi) is 2.80. The number of hydrogen-bond acceptors (Lipinski definition) is 1. The largest absolute Gasteiger partial charge is 0.299 e. The first-order valence-electron chi connectivity index (χ1n) is 3.41. The van der Waals surface area contributed by atoms with E-state index in [1.165, 1.54) is 24.3 Å². The average molecular weight is 160 g/mol. The molecular weight excluding hydrogens is 154 g/mol. The SMILES string of the molecule is [B]c1ccc(/C=C/C=O)c(F)c1. The number of carbonyl (C=O) groups is 1. The van der Waals surface area contributed by atoms with E-state index < -0.39 is 5.82 Å². The maximum absolute atomic E-state index is 12.9. The van der Waals surface area contributed by atoms with Crippen LogP contribution >= 0.6 is 0 Å². The zero-order chi connectivity index (χ0) is 8.97. The molecule has 0 saturated heterocycles. The van der Waals surface area contributed by atoms with Gasteiger partial charge >= 0.3 is 0 Å². The summed E-state index contributed by atoms with van der Waals surface area (Å²) >= 11 is 0. The zero-order valence-electron chi connectivity index (χ0n) is 6.33. The van der Waals surface area contributed by atoms with Crippen LogP contribution < -0.4 is 5.46 Å². The predicted octanol–water partition coefficient (Wildman–Crippen LogP) is 0.832. The predicted molar refractivity (Wildman–Crippen MR) is 46.9 cm³/mol. The molecule has 0 N–H and O–H groups in total. The Morgan fingerprint density at radius 3 is 2.75 bits per heavy atom. The number of aldehydes is 1. The third-order valence-electron chi connectivity index (χ3n) is 1.38. The van der Waals surface area contributed by atoms with Gasteiger partial charge in [0.1, 0.15) is 19.9 Å². The van der Waals surface area contributed by atoms with Crippen molar-refractivity contribution in [2.24, 2.45) is 0 Å². The first-order valence-corrected chi connectivity index (χ1v) is 3.41. The fraction of sp³-hybridized carbons (Fsp3) is 0. The zero-order valence-corrected chi connectivity index (χ0v) is 6.33. The molecule has 12 heavy (non-hydrogen) atoms. The second-order valence-corrected chi connectivity index (χ2v) is 2.28. The molecule has 0 aromatic heterocycles. The van der Waals surface area contributed by atoms with Crippen molar-refractivity contribution in [1.82, 2.24) is 0 Å². The number of carbonyl (C=O) groups excluding carboxylic acids is 1. The van der Waals surface area contributed by atoms with Crippen LogP contribution in [0.3, 0.4) is 0 Å². The highest BCUT2D eigenvalue weighted by atomic mass is 19.1. The van der Waals surface area contributed by atoms with Gasteiger partial charge in [-0.25, -0.2) is 4.39 Å². The summed E-state index contributed by atoms with van der Waals surface area (Å²) in [5, 5.41) is 0. The summed E-state index contributed by atoms with van der Waals surface area (Å²) < 4.78 is 12.9. The average Bonchev–Trinajstić information content (AvgIpc) is 2.03. The molecule has 1 rings (SSSR count). The van der Waals surface area contributed by atoms with Crippen LogP contribution in [-0.2, 0) is 4.79 Å². The van der Waals surface area contributed by atoms with Crippen LogP contribution in [0.4, 0.5) is 4.39 Å². The highest BCUT2D eigenvalue weighted by molar-refractivity contribution is 6.32. The van der Waals surface area contributed by atoms with Crippen LogP contribution in [0.1, 0.15) is 5.56 Å². The van der Waals surface area contributed by atoms with Gasteiger partial charge < -0.3 is 0 Å². The standard InChI is InChI=1S/C9H6BFO/c10-8-4-3-7(2-1-5-12)9(11)6-8/h1-6H/b2-1+. The van der Waals surface area contributed by atoms with E-state index in [1.807, 2.05) is 0 Å². The van der Waals surface area contributed by atoms with Crippen LogP contribution in [0.25, 0.3) is 6.08 Å². The first kappa shape index (κ1) is 8.72. The van der Waals surface area contributed by atoms with Gasteiger partial charge in [0.15, 0.2) is 0 Å². The van der Waals surface area contributed by atoms with Gasteiger partial charge in [-0.15, -0.1) is 0 Å². The topological polar surface area (TPSA) is 17.1 Å². The normalized spacial score (nSPS) is 10.4. The van der Waals surface area contributed by atoms with E-state index in [-0.39, 0.29) is 0 Å². The lowest BCUT2D eigenvalue weighted by Crippen LogP contribution is -2.02. The summed E-state index contributed by atoms with van der Waals surface area (Å²) in [6.07, 6.45) is 3.21. The molecule has 0 unspecified atom stereocenters. The van der Waals surface area contributed by atoms with E-state index >= 15 is 0 Å². The molecule has 0 atom stereocenters. The van der Waals surface area contributed by atoms with Crippen LogP contribution in [0.15, 0.2) is 24.3 Å². The lowest BCUT2D eigenvalue weighted by atomic mass is 9.95. The van der Waals surface area contributed by atoms with Crippen molar-refractivity contribution in [2.75, 3.05) is 0 Å². The van der Waals surface area contributed by atoms with Crippen molar-refractivity contribution >= 4 is 25.7 Å². The molecule has 0 fully saturated rings. The molecule has 3 heteroatoms. The third kappa shape index (κ3) is 2.05. The van der Waals surface area contributed by atoms with Crippen molar-refractivity contribution in [3.8, 4) is 0 Å². The summed E-state index contributed by atoms with van der Waals surface area (Å²) in [5.74, 6) is -0.423. The fourth-order valence-corrected chi connectivity index (χ4v) is 0.822. The quantitative estimate of drug-likeness (QED) is 0.355. The van der Waals surface area contributed by atoms with E-state index in [2.05, 4.69) is 0 Å². The molecule has 2 radical (unpaired) electrons. The van der Waals surface area contributed by atoms with E-state index in [0.29, 0.717) is 17.3 Å². The molecule has 0 spiro atoms. The van der Waals surface area contributed by atoms with E-state index in [9.17, 15) is 9.18 Å². The minimum absolute atomic E-state index is 0.358. The molecule has 0 aliphatic heterocycles. The molecule has 1 nitrogen and oxygen atoms in total. The van der Waals surface area contributed by atoms with E-state index in [4.69, 9.17) is 7.85 Å². The first-order chi connectivity index (χ1) is 5.74. The van der Waals surface area contributed by atoms with Crippen molar-refractivity contribution < 1.29 is 9.18 Å². The van der Waals surface area contributed by atoms with Gasteiger partial charge in [0.25, 0.3) is 0 Å². The highest BCUT2D eigenvalue weighted by Crippen LogP contribution is 2.05. The summed E-state index contributed by atoms with van der Waals surface area (Å²) in [6.45, 7) is 0. The molecule has 0 aliphatic rings. The van der Waals surface area contributed by atoms with Gasteiger partial charge in [0, 0.05) is 5.56 Å². The Morgan fingerprint density at radius 2 is 2.17 bits per heavy atom. The molecule has 0 aliphatic carbocycles. The monoisotopic (exact) mass is 160 g/mol. The lowest BCUT2D eigenvalue weighted by Gasteiger charge is -1.96. The van der Waals surface area contributed by atoms with E-state index in [1.54, 1.807) is 6.07 Å². The Hall–Kier alpha value is -1.38. The van der Waals surface area contributed by atoms with Crippen LogP contribution in [0.2, 0.25) is 0 Å². The van der Waals surface area contributed by atoms with Gasteiger partial charge in [0.05, 0.1) is 0 Å². The molecular formula is C9H6BFO. The minimum atomic E-state index is -0.423. The Labute approximate surface area is 71.3 Å². The molecule has 1 aromatic carbocycles. The van der Waals surface area contributed by atoms with Crippen molar-refractivity contribution in [3.63, 3.8) is 0 Å². The maximum Gasteiger partial charge on any atom is 0.142 e. The molecule has 0 heterocycles. The second-order valence-electron chi connectivity index (χ2n) is 2.28. The molecule has 0 saturated carbocycles. The third-order valence-corrected chi connectivity index (χ3v) is 1.38. The summed E-state index contributed by atoms with van der Waals surface area (Å²) in [5.41, 5.74) is 0.729.